The maximum absolute atomic E-state index is 11.3. The molecule has 8 heteroatoms. The zero-order valence-corrected chi connectivity index (χ0v) is 14.2. The number of rotatable bonds is 6. The molecule has 3 rings (SSSR count). The summed E-state index contributed by atoms with van der Waals surface area (Å²) >= 11 is 0. The highest BCUT2D eigenvalue weighted by Crippen LogP contribution is 2.30. The highest BCUT2D eigenvalue weighted by molar-refractivity contribution is 6.46. The summed E-state index contributed by atoms with van der Waals surface area (Å²) in [6, 6.07) is 5.00. The predicted octanol–water partition coefficient (Wildman–Crippen LogP) is 0.107. The zero-order chi connectivity index (χ0) is 17.8. The topological polar surface area (TPSA) is 94.1 Å². The minimum absolute atomic E-state index is 0.0764. The third-order valence-electron chi connectivity index (χ3n) is 4.68. The molecule has 0 aliphatic carbocycles. The lowest BCUT2D eigenvalue weighted by molar-refractivity contribution is 0.0694. The number of nitrogens with one attached hydrogen (secondary N) is 2. The number of piperazine rings is 1. The molecule has 1 aromatic carbocycles. The molecule has 7 nitrogen and oxygen atoms in total. The standard InChI is InChI=1S/C17H24BN3O4/c1-12(5-8-21-9-6-19-7-10-21)20-15-11-13-3-2-4-14(17(22)23)16(13)25-18(15)24/h2-4,15,19-20,24H,1,5-11H2,(H,22,23). The van der Waals surface area contributed by atoms with Crippen LogP contribution in [0.15, 0.2) is 30.5 Å². The van der Waals surface area contributed by atoms with E-state index < -0.39 is 13.1 Å². The fraction of sp³-hybridized carbons (Fsp3) is 0.471. The molecule has 2 heterocycles. The first-order valence-electron chi connectivity index (χ1n) is 8.62. The average molecular weight is 345 g/mol. The summed E-state index contributed by atoms with van der Waals surface area (Å²) in [7, 11) is -1.11. The molecule has 0 spiro atoms. The number of carbonyl (C=O) groups is 1. The second kappa shape index (κ2) is 7.90. The van der Waals surface area contributed by atoms with E-state index in [-0.39, 0.29) is 17.3 Å². The van der Waals surface area contributed by atoms with Crippen molar-refractivity contribution in [3.05, 3.63) is 41.6 Å². The van der Waals surface area contributed by atoms with Crippen molar-refractivity contribution in [2.45, 2.75) is 18.8 Å². The number of nitrogens with zero attached hydrogens (tertiary/aromatic N) is 1. The van der Waals surface area contributed by atoms with Crippen molar-refractivity contribution in [1.82, 2.24) is 15.5 Å². The van der Waals surface area contributed by atoms with Crippen LogP contribution in [-0.4, -0.2) is 66.8 Å². The van der Waals surface area contributed by atoms with Gasteiger partial charge in [0, 0.05) is 38.4 Å². The van der Waals surface area contributed by atoms with Gasteiger partial charge < -0.3 is 30.3 Å². The maximum atomic E-state index is 11.3. The highest BCUT2D eigenvalue weighted by Gasteiger charge is 2.36. The van der Waals surface area contributed by atoms with E-state index in [1.54, 1.807) is 6.07 Å². The summed E-state index contributed by atoms with van der Waals surface area (Å²) in [6.45, 7) is 9.08. The quantitative estimate of drug-likeness (QED) is 0.544. The molecule has 0 bridgehead atoms. The van der Waals surface area contributed by atoms with Crippen molar-refractivity contribution in [1.29, 1.82) is 0 Å². The Bertz CT molecular complexity index is 649. The molecule has 0 amide bonds. The summed E-state index contributed by atoms with van der Waals surface area (Å²) in [6.07, 6.45) is 1.29. The molecular weight excluding hydrogens is 321 g/mol. The lowest BCUT2D eigenvalue weighted by atomic mass is 9.72. The van der Waals surface area contributed by atoms with Crippen molar-refractivity contribution in [2.24, 2.45) is 0 Å². The summed E-state index contributed by atoms with van der Waals surface area (Å²) in [5.74, 6) is -1.14. The van der Waals surface area contributed by atoms with Crippen LogP contribution in [0.4, 0.5) is 0 Å². The number of carboxylic acid groups (broad SMARTS) is 1. The molecule has 0 radical (unpaired) electrons. The van der Waals surface area contributed by atoms with Gasteiger partial charge in [0.2, 0.25) is 0 Å². The van der Waals surface area contributed by atoms with Gasteiger partial charge in [-0.15, -0.1) is 0 Å². The molecule has 2 aliphatic rings. The van der Waals surface area contributed by atoms with E-state index in [1.807, 2.05) is 6.07 Å². The zero-order valence-electron chi connectivity index (χ0n) is 14.2. The Morgan fingerprint density at radius 3 is 2.92 bits per heavy atom. The number of carboxylic acids is 1. The molecule has 1 fully saturated rings. The predicted molar refractivity (Wildman–Crippen MR) is 95.7 cm³/mol. The first kappa shape index (κ1) is 17.8. The van der Waals surface area contributed by atoms with Gasteiger partial charge in [-0.2, -0.15) is 0 Å². The SMILES string of the molecule is C=C(CCN1CCNCC1)NC1Cc2cccc(C(=O)O)c2OB1O. The average Bonchev–Trinajstić information content (AvgIpc) is 2.61. The molecule has 25 heavy (non-hydrogen) atoms. The molecule has 1 unspecified atom stereocenters. The lowest BCUT2D eigenvalue weighted by Gasteiger charge is -2.31. The molecule has 0 aromatic heterocycles. The molecule has 1 saturated heterocycles. The molecular formula is C17H24BN3O4. The first-order valence-corrected chi connectivity index (χ1v) is 8.62. The second-order valence-electron chi connectivity index (χ2n) is 6.51. The van der Waals surface area contributed by atoms with Crippen LogP contribution >= 0.6 is 0 Å². The van der Waals surface area contributed by atoms with Gasteiger partial charge in [0.25, 0.3) is 0 Å². The van der Waals surface area contributed by atoms with E-state index in [9.17, 15) is 14.9 Å². The van der Waals surface area contributed by atoms with Crippen LogP contribution in [0.25, 0.3) is 0 Å². The highest BCUT2D eigenvalue weighted by atomic mass is 16.5. The van der Waals surface area contributed by atoms with E-state index in [2.05, 4.69) is 22.1 Å². The Morgan fingerprint density at radius 1 is 1.44 bits per heavy atom. The van der Waals surface area contributed by atoms with E-state index in [1.165, 1.54) is 6.07 Å². The first-order chi connectivity index (χ1) is 12.0. The van der Waals surface area contributed by atoms with Gasteiger partial charge in [-0.1, -0.05) is 18.7 Å². The Kier molecular flexibility index (Phi) is 5.62. The van der Waals surface area contributed by atoms with Crippen LogP contribution in [0.5, 0.6) is 5.75 Å². The van der Waals surface area contributed by atoms with Crippen molar-refractivity contribution in [3.63, 3.8) is 0 Å². The number of fused-ring (bicyclic) bond motifs is 1. The maximum Gasteiger partial charge on any atom is 0.546 e. The van der Waals surface area contributed by atoms with Gasteiger partial charge >= 0.3 is 13.1 Å². The van der Waals surface area contributed by atoms with Crippen LogP contribution < -0.4 is 15.3 Å². The van der Waals surface area contributed by atoms with Crippen molar-refractivity contribution < 1.29 is 19.6 Å². The Hall–Kier alpha value is -2.03. The minimum atomic E-state index is -1.11. The number of hydrogen-bond donors (Lipinski definition) is 4. The Morgan fingerprint density at radius 2 is 2.20 bits per heavy atom. The van der Waals surface area contributed by atoms with Crippen LogP contribution in [0.3, 0.4) is 0 Å². The van der Waals surface area contributed by atoms with E-state index in [0.717, 1.165) is 50.4 Å². The van der Waals surface area contributed by atoms with Crippen molar-refractivity contribution in [3.8, 4) is 5.75 Å². The summed E-state index contributed by atoms with van der Waals surface area (Å²) in [4.78, 5) is 13.7. The second-order valence-corrected chi connectivity index (χ2v) is 6.51. The van der Waals surface area contributed by atoms with Crippen LogP contribution in [0.2, 0.25) is 0 Å². The van der Waals surface area contributed by atoms with E-state index in [0.29, 0.717) is 6.42 Å². The molecule has 4 N–H and O–H groups in total. The van der Waals surface area contributed by atoms with Crippen LogP contribution in [0.1, 0.15) is 22.3 Å². The number of aromatic carboxylic acids is 1. The van der Waals surface area contributed by atoms with Gasteiger partial charge in [0.05, 0.1) is 11.5 Å². The smallest absolute Gasteiger partial charge is 0.534 e. The third-order valence-corrected chi connectivity index (χ3v) is 4.68. The van der Waals surface area contributed by atoms with Crippen LogP contribution in [-0.2, 0) is 6.42 Å². The fourth-order valence-electron chi connectivity index (χ4n) is 3.28. The summed E-state index contributed by atoms with van der Waals surface area (Å²) in [5, 5.41) is 26.0. The molecule has 1 aromatic rings. The van der Waals surface area contributed by atoms with Gasteiger partial charge in [-0.05, 0) is 24.5 Å². The van der Waals surface area contributed by atoms with Crippen LogP contribution in [0, 0.1) is 0 Å². The molecule has 134 valence electrons. The molecule has 2 aliphatic heterocycles. The third kappa shape index (κ3) is 4.33. The monoisotopic (exact) mass is 345 g/mol. The van der Waals surface area contributed by atoms with Gasteiger partial charge in [-0.3, -0.25) is 0 Å². The number of hydrogen-bond acceptors (Lipinski definition) is 6. The van der Waals surface area contributed by atoms with Crippen molar-refractivity contribution in [2.75, 3.05) is 32.7 Å². The number of para-hydroxylation sites is 1. The lowest BCUT2D eigenvalue weighted by Crippen LogP contribution is -2.51. The Labute approximate surface area is 147 Å². The van der Waals surface area contributed by atoms with Gasteiger partial charge in [-0.25, -0.2) is 4.79 Å². The number of benzene rings is 1. The fourth-order valence-corrected chi connectivity index (χ4v) is 3.28. The Balaban J connectivity index is 1.57. The van der Waals surface area contributed by atoms with Gasteiger partial charge in [0.15, 0.2) is 0 Å². The van der Waals surface area contributed by atoms with E-state index in [4.69, 9.17) is 4.65 Å². The minimum Gasteiger partial charge on any atom is -0.534 e. The summed E-state index contributed by atoms with van der Waals surface area (Å²) in [5.41, 5.74) is 1.70. The van der Waals surface area contributed by atoms with E-state index >= 15 is 0 Å². The largest absolute Gasteiger partial charge is 0.546 e. The molecule has 0 saturated carbocycles. The van der Waals surface area contributed by atoms with Crippen molar-refractivity contribution >= 4 is 13.1 Å². The normalized spacial score (nSPS) is 20.5. The summed E-state index contributed by atoms with van der Waals surface area (Å²) < 4.78 is 5.48. The molecule has 1 atom stereocenters. The van der Waals surface area contributed by atoms with Gasteiger partial charge in [0.1, 0.15) is 5.75 Å².